The van der Waals surface area contributed by atoms with Crippen LogP contribution in [0.1, 0.15) is 27.9 Å². The maximum atomic E-state index is 12.9. The first-order valence-electron chi connectivity index (χ1n) is 9.99. The van der Waals surface area contributed by atoms with E-state index in [2.05, 4.69) is 17.5 Å². The van der Waals surface area contributed by atoms with Crippen molar-refractivity contribution in [2.75, 3.05) is 10.2 Å². The lowest BCUT2D eigenvalue weighted by Gasteiger charge is -2.17. The summed E-state index contributed by atoms with van der Waals surface area (Å²) < 4.78 is 0. The van der Waals surface area contributed by atoms with Gasteiger partial charge in [0.25, 0.3) is 5.91 Å². The van der Waals surface area contributed by atoms with Crippen LogP contribution in [0.25, 0.3) is 0 Å². The number of fused-ring (bicyclic) bond motifs is 5. The van der Waals surface area contributed by atoms with Gasteiger partial charge in [-0.15, -0.1) is 0 Å². The largest absolute Gasteiger partial charge is 0.322 e. The highest BCUT2D eigenvalue weighted by molar-refractivity contribution is 6.23. The molecule has 5 rings (SSSR count). The van der Waals surface area contributed by atoms with E-state index >= 15 is 0 Å². The van der Waals surface area contributed by atoms with E-state index in [1.54, 1.807) is 24.3 Å². The quantitative estimate of drug-likeness (QED) is 0.643. The molecule has 5 heteroatoms. The number of carbonyl (C=O) groups is 3. The van der Waals surface area contributed by atoms with Crippen molar-refractivity contribution in [2.24, 2.45) is 23.7 Å². The van der Waals surface area contributed by atoms with Gasteiger partial charge in [0.2, 0.25) is 11.8 Å². The van der Waals surface area contributed by atoms with Crippen LogP contribution in [-0.4, -0.2) is 17.7 Å². The molecule has 29 heavy (non-hydrogen) atoms. The van der Waals surface area contributed by atoms with Crippen LogP contribution in [0.15, 0.2) is 54.6 Å². The summed E-state index contributed by atoms with van der Waals surface area (Å²) in [5, 5.41) is 2.93. The molecule has 2 fully saturated rings. The fourth-order valence-electron chi connectivity index (χ4n) is 4.98. The van der Waals surface area contributed by atoms with Gasteiger partial charge in [-0.3, -0.25) is 19.3 Å². The molecule has 1 saturated carbocycles. The third-order valence-electron chi connectivity index (χ3n) is 6.50. The summed E-state index contributed by atoms with van der Waals surface area (Å²) in [6.07, 6.45) is 5.08. The van der Waals surface area contributed by atoms with Crippen LogP contribution in [0.4, 0.5) is 11.4 Å². The fraction of sp³-hybridized carbons (Fsp3) is 0.292. The van der Waals surface area contributed by atoms with Crippen molar-refractivity contribution in [3.63, 3.8) is 0 Å². The van der Waals surface area contributed by atoms with Gasteiger partial charge in [0.05, 0.1) is 17.5 Å². The summed E-state index contributed by atoms with van der Waals surface area (Å²) in [5.74, 6) is -0.491. The molecule has 0 radical (unpaired) electrons. The molecule has 0 spiro atoms. The molecule has 2 aliphatic carbocycles. The summed E-state index contributed by atoms with van der Waals surface area (Å²) in [6.45, 7) is 3.92. The minimum Gasteiger partial charge on any atom is -0.322 e. The summed E-state index contributed by atoms with van der Waals surface area (Å²) in [6, 6.07) is 12.6. The molecule has 3 amide bonds. The van der Waals surface area contributed by atoms with E-state index in [4.69, 9.17) is 0 Å². The molecule has 2 aromatic carbocycles. The highest BCUT2D eigenvalue weighted by Crippen LogP contribution is 2.53. The van der Waals surface area contributed by atoms with Crippen LogP contribution in [0.2, 0.25) is 0 Å². The second kappa shape index (κ2) is 6.41. The Morgan fingerprint density at radius 2 is 1.55 bits per heavy atom. The van der Waals surface area contributed by atoms with Gasteiger partial charge in [-0.25, -0.2) is 0 Å². The number of benzene rings is 2. The van der Waals surface area contributed by atoms with Gasteiger partial charge in [-0.05, 0) is 73.6 Å². The van der Waals surface area contributed by atoms with Gasteiger partial charge in [-0.2, -0.15) is 0 Å². The van der Waals surface area contributed by atoms with Crippen LogP contribution in [-0.2, 0) is 9.59 Å². The summed E-state index contributed by atoms with van der Waals surface area (Å²) in [4.78, 5) is 39.8. The number of imide groups is 1. The Balaban J connectivity index is 1.36. The maximum Gasteiger partial charge on any atom is 0.255 e. The SMILES string of the molecule is Cc1ccc(C)c(NC(=O)c2ccc(N3C(=O)[C@@H]4[C@@H](C3=O)[C@@H]3C=C[C@@H]4C3)cc2)c1. The Hall–Kier alpha value is -3.21. The van der Waals surface area contributed by atoms with Crippen LogP contribution in [0.3, 0.4) is 0 Å². The van der Waals surface area contributed by atoms with Crippen LogP contribution >= 0.6 is 0 Å². The second-order valence-corrected chi connectivity index (χ2v) is 8.33. The molecule has 1 aliphatic heterocycles. The number of nitrogens with zero attached hydrogens (tertiary/aromatic N) is 1. The minimum atomic E-state index is -0.219. The molecule has 2 bridgehead atoms. The van der Waals surface area contributed by atoms with Gasteiger partial charge in [0, 0.05) is 11.3 Å². The smallest absolute Gasteiger partial charge is 0.255 e. The van der Waals surface area contributed by atoms with Gasteiger partial charge in [0.1, 0.15) is 0 Å². The lowest BCUT2D eigenvalue weighted by atomic mass is 9.85. The first-order chi connectivity index (χ1) is 13.9. The van der Waals surface area contributed by atoms with Crippen molar-refractivity contribution in [3.8, 4) is 0 Å². The zero-order chi connectivity index (χ0) is 20.3. The average molecular weight is 386 g/mol. The molecular formula is C24H22N2O3. The van der Waals surface area contributed by atoms with E-state index in [9.17, 15) is 14.4 Å². The van der Waals surface area contributed by atoms with Crippen molar-refractivity contribution in [1.82, 2.24) is 0 Å². The van der Waals surface area contributed by atoms with Gasteiger partial charge in [-0.1, -0.05) is 24.3 Å². The molecule has 5 nitrogen and oxygen atoms in total. The van der Waals surface area contributed by atoms with Gasteiger partial charge < -0.3 is 5.32 Å². The second-order valence-electron chi connectivity index (χ2n) is 8.33. The molecular weight excluding hydrogens is 364 g/mol. The summed E-state index contributed by atoms with van der Waals surface area (Å²) >= 11 is 0. The molecule has 3 aliphatic rings. The third kappa shape index (κ3) is 2.72. The Labute approximate surface area is 169 Å². The monoisotopic (exact) mass is 386 g/mol. The van der Waals surface area contributed by atoms with E-state index in [1.165, 1.54) is 4.90 Å². The van der Waals surface area contributed by atoms with E-state index in [-0.39, 0.29) is 41.4 Å². The lowest BCUT2D eigenvalue weighted by molar-refractivity contribution is -0.123. The Morgan fingerprint density at radius 3 is 2.17 bits per heavy atom. The zero-order valence-corrected chi connectivity index (χ0v) is 16.4. The minimum absolute atomic E-state index is 0.107. The van der Waals surface area contributed by atoms with E-state index in [0.29, 0.717) is 11.3 Å². The topological polar surface area (TPSA) is 66.5 Å². The highest BCUT2D eigenvalue weighted by atomic mass is 16.2. The molecule has 146 valence electrons. The lowest BCUT2D eigenvalue weighted by Crippen LogP contribution is -2.32. The number of hydrogen-bond acceptors (Lipinski definition) is 3. The van der Waals surface area contributed by atoms with Crippen LogP contribution in [0.5, 0.6) is 0 Å². The molecule has 1 N–H and O–H groups in total. The standard InChI is InChI=1S/C24H22N2O3/c1-13-3-4-14(2)19(11-13)25-22(27)15-7-9-18(10-8-15)26-23(28)20-16-5-6-17(12-16)21(20)24(26)29/h3-11,16-17,20-21H,12H2,1-2H3,(H,25,27)/t16-,17-,20+,21+/m1/s1. The van der Waals surface area contributed by atoms with Crippen molar-refractivity contribution >= 4 is 29.1 Å². The maximum absolute atomic E-state index is 12.9. The van der Waals surface area contributed by atoms with E-state index < -0.39 is 0 Å². The number of anilines is 2. The molecule has 0 unspecified atom stereocenters. The number of rotatable bonds is 3. The zero-order valence-electron chi connectivity index (χ0n) is 16.4. The molecule has 1 heterocycles. The normalized spacial score (nSPS) is 26.9. The van der Waals surface area contributed by atoms with Crippen molar-refractivity contribution in [1.29, 1.82) is 0 Å². The number of aryl methyl sites for hydroxylation is 2. The summed E-state index contributed by atoms with van der Waals surface area (Å²) in [5.41, 5.74) is 3.86. The fourth-order valence-corrected chi connectivity index (χ4v) is 4.98. The van der Waals surface area contributed by atoms with Crippen LogP contribution < -0.4 is 10.2 Å². The highest BCUT2D eigenvalue weighted by Gasteiger charge is 2.59. The van der Waals surface area contributed by atoms with Gasteiger partial charge in [0.15, 0.2) is 0 Å². The Morgan fingerprint density at radius 1 is 0.931 bits per heavy atom. The first kappa shape index (κ1) is 17.9. The number of carbonyl (C=O) groups excluding carboxylic acids is 3. The first-order valence-corrected chi connectivity index (χ1v) is 9.99. The Kier molecular flexibility index (Phi) is 3.95. The van der Waals surface area contributed by atoms with E-state index in [0.717, 1.165) is 23.2 Å². The third-order valence-corrected chi connectivity index (χ3v) is 6.50. The van der Waals surface area contributed by atoms with Crippen LogP contribution in [0, 0.1) is 37.5 Å². The van der Waals surface area contributed by atoms with Crippen molar-refractivity contribution in [2.45, 2.75) is 20.3 Å². The number of hydrogen-bond donors (Lipinski definition) is 1. The number of amides is 3. The average Bonchev–Trinajstić information content (AvgIpc) is 3.39. The molecule has 2 aromatic rings. The molecule has 4 atom stereocenters. The number of allylic oxidation sites excluding steroid dienone is 2. The van der Waals surface area contributed by atoms with Crippen molar-refractivity contribution < 1.29 is 14.4 Å². The predicted molar refractivity (Wildman–Crippen MR) is 111 cm³/mol. The summed E-state index contributed by atoms with van der Waals surface area (Å²) in [7, 11) is 0. The van der Waals surface area contributed by atoms with Crippen molar-refractivity contribution in [3.05, 3.63) is 71.3 Å². The predicted octanol–water partition coefficient (Wildman–Crippen LogP) is 3.87. The van der Waals surface area contributed by atoms with Gasteiger partial charge >= 0.3 is 0 Å². The Bertz CT molecular complexity index is 1040. The van der Waals surface area contributed by atoms with E-state index in [1.807, 2.05) is 32.0 Å². The number of nitrogens with one attached hydrogen (secondary N) is 1. The molecule has 0 aromatic heterocycles. The molecule has 1 saturated heterocycles.